The Morgan fingerprint density at radius 2 is 2.00 bits per heavy atom. The minimum atomic E-state index is 0.697. The Kier molecular flexibility index (Phi) is 5.38. The molecule has 1 aromatic rings. The van der Waals surface area contributed by atoms with Crippen molar-refractivity contribution in [1.82, 2.24) is 0 Å². The predicted molar refractivity (Wildman–Crippen MR) is 71.9 cm³/mol. The van der Waals surface area contributed by atoms with Gasteiger partial charge in [0.25, 0.3) is 0 Å². The second kappa shape index (κ2) is 6.32. The van der Waals surface area contributed by atoms with E-state index in [2.05, 4.69) is 54.9 Å². The van der Waals surface area contributed by atoms with Crippen molar-refractivity contribution in [3.8, 4) is 0 Å². The first-order valence-electron chi connectivity index (χ1n) is 5.83. The Bertz CT molecular complexity index is 304. The molecule has 0 spiro atoms. The molecule has 0 nitrogen and oxygen atoms in total. The van der Waals surface area contributed by atoms with Gasteiger partial charge in [-0.3, -0.25) is 0 Å². The SMILES string of the molecule is CCC(Br)CCCc1cc(C)ccc1C. The molecule has 0 fully saturated rings. The van der Waals surface area contributed by atoms with Crippen LogP contribution >= 0.6 is 15.9 Å². The average Bonchev–Trinajstić information content (AvgIpc) is 2.23. The maximum absolute atomic E-state index is 3.68. The summed E-state index contributed by atoms with van der Waals surface area (Å²) in [5.74, 6) is 0. The van der Waals surface area contributed by atoms with E-state index >= 15 is 0 Å². The summed E-state index contributed by atoms with van der Waals surface area (Å²) in [6.45, 7) is 6.61. The topological polar surface area (TPSA) is 0 Å². The summed E-state index contributed by atoms with van der Waals surface area (Å²) >= 11 is 3.68. The first-order chi connectivity index (χ1) is 7.13. The summed E-state index contributed by atoms with van der Waals surface area (Å²) in [5, 5.41) is 0. The summed E-state index contributed by atoms with van der Waals surface area (Å²) in [6, 6.07) is 6.75. The van der Waals surface area contributed by atoms with Crippen LogP contribution in [0.5, 0.6) is 0 Å². The molecule has 1 atom stereocenters. The van der Waals surface area contributed by atoms with Gasteiger partial charge >= 0.3 is 0 Å². The Morgan fingerprint density at radius 3 is 2.67 bits per heavy atom. The van der Waals surface area contributed by atoms with E-state index in [9.17, 15) is 0 Å². The Morgan fingerprint density at radius 1 is 1.27 bits per heavy atom. The lowest BCUT2D eigenvalue weighted by atomic mass is 10.00. The van der Waals surface area contributed by atoms with Crippen molar-refractivity contribution in [2.24, 2.45) is 0 Å². The highest BCUT2D eigenvalue weighted by Gasteiger charge is 2.02. The predicted octanol–water partition coefficient (Wildman–Crippen LogP) is 4.80. The Hall–Kier alpha value is -0.300. The van der Waals surface area contributed by atoms with Gasteiger partial charge in [0, 0.05) is 4.83 Å². The van der Waals surface area contributed by atoms with Crippen LogP contribution in [0.15, 0.2) is 18.2 Å². The third kappa shape index (κ3) is 4.38. The van der Waals surface area contributed by atoms with E-state index < -0.39 is 0 Å². The minimum absolute atomic E-state index is 0.697. The van der Waals surface area contributed by atoms with E-state index in [1.54, 1.807) is 0 Å². The fourth-order valence-electron chi connectivity index (χ4n) is 1.79. The van der Waals surface area contributed by atoms with E-state index in [-0.39, 0.29) is 0 Å². The van der Waals surface area contributed by atoms with Gasteiger partial charge in [0.15, 0.2) is 0 Å². The minimum Gasteiger partial charge on any atom is -0.0891 e. The van der Waals surface area contributed by atoms with Gasteiger partial charge in [-0.2, -0.15) is 0 Å². The summed E-state index contributed by atoms with van der Waals surface area (Å²) in [5.41, 5.74) is 4.33. The third-order valence-corrected chi connectivity index (χ3v) is 4.02. The van der Waals surface area contributed by atoms with Crippen molar-refractivity contribution in [2.45, 2.75) is 51.3 Å². The van der Waals surface area contributed by atoms with Gasteiger partial charge in [-0.25, -0.2) is 0 Å². The van der Waals surface area contributed by atoms with Crippen LogP contribution in [0.3, 0.4) is 0 Å². The quantitative estimate of drug-likeness (QED) is 0.673. The van der Waals surface area contributed by atoms with E-state index in [0.717, 1.165) is 0 Å². The molecule has 0 aliphatic heterocycles. The van der Waals surface area contributed by atoms with Gasteiger partial charge in [-0.1, -0.05) is 46.6 Å². The second-order valence-corrected chi connectivity index (χ2v) is 5.62. The zero-order valence-corrected chi connectivity index (χ0v) is 11.6. The van der Waals surface area contributed by atoms with Crippen LogP contribution in [-0.2, 0) is 6.42 Å². The molecule has 0 bridgehead atoms. The Balaban J connectivity index is 2.46. The van der Waals surface area contributed by atoms with Crippen molar-refractivity contribution in [3.63, 3.8) is 0 Å². The lowest BCUT2D eigenvalue weighted by Gasteiger charge is -2.09. The molecule has 1 heteroatoms. The van der Waals surface area contributed by atoms with Crippen LogP contribution in [-0.4, -0.2) is 4.83 Å². The summed E-state index contributed by atoms with van der Waals surface area (Å²) in [7, 11) is 0. The normalized spacial score (nSPS) is 12.8. The van der Waals surface area contributed by atoms with Gasteiger partial charge < -0.3 is 0 Å². The van der Waals surface area contributed by atoms with E-state index in [1.807, 2.05) is 0 Å². The molecule has 1 unspecified atom stereocenters. The average molecular weight is 269 g/mol. The van der Waals surface area contributed by atoms with Gasteiger partial charge in [0.2, 0.25) is 0 Å². The van der Waals surface area contributed by atoms with Gasteiger partial charge in [-0.15, -0.1) is 0 Å². The standard InChI is InChI=1S/C14H21Br/c1-4-14(15)7-5-6-13-10-11(2)8-9-12(13)3/h8-10,14H,4-7H2,1-3H3. The molecule has 0 amide bonds. The van der Waals surface area contributed by atoms with Crippen LogP contribution in [0.2, 0.25) is 0 Å². The molecule has 15 heavy (non-hydrogen) atoms. The molecule has 0 heterocycles. The van der Waals surface area contributed by atoms with Crippen molar-refractivity contribution >= 4 is 15.9 Å². The molecule has 0 radical (unpaired) electrons. The molecule has 1 aromatic carbocycles. The number of aryl methyl sites for hydroxylation is 3. The maximum Gasteiger partial charge on any atom is 0.0143 e. The molecular formula is C14H21Br. The summed E-state index contributed by atoms with van der Waals surface area (Å²) in [6.07, 6.45) is 5.01. The van der Waals surface area contributed by atoms with Gasteiger partial charge in [0.1, 0.15) is 0 Å². The number of halogens is 1. The molecule has 0 N–H and O–H groups in total. The smallest absolute Gasteiger partial charge is 0.0143 e. The first kappa shape index (κ1) is 12.8. The molecular weight excluding hydrogens is 248 g/mol. The van der Waals surface area contributed by atoms with Crippen LogP contribution in [0.4, 0.5) is 0 Å². The second-order valence-electron chi connectivity index (χ2n) is 4.33. The number of hydrogen-bond donors (Lipinski definition) is 0. The highest BCUT2D eigenvalue weighted by molar-refractivity contribution is 9.09. The molecule has 0 saturated heterocycles. The van der Waals surface area contributed by atoms with E-state index in [0.29, 0.717) is 4.83 Å². The highest BCUT2D eigenvalue weighted by atomic mass is 79.9. The van der Waals surface area contributed by atoms with Crippen molar-refractivity contribution in [3.05, 3.63) is 34.9 Å². The number of rotatable bonds is 5. The zero-order chi connectivity index (χ0) is 11.3. The zero-order valence-electron chi connectivity index (χ0n) is 10.0. The van der Waals surface area contributed by atoms with Crippen LogP contribution in [0, 0.1) is 13.8 Å². The fraction of sp³-hybridized carbons (Fsp3) is 0.571. The summed E-state index contributed by atoms with van der Waals surface area (Å²) in [4.78, 5) is 0.697. The highest BCUT2D eigenvalue weighted by Crippen LogP contribution is 2.17. The van der Waals surface area contributed by atoms with Crippen LogP contribution in [0.25, 0.3) is 0 Å². The summed E-state index contributed by atoms with van der Waals surface area (Å²) < 4.78 is 0. The fourth-order valence-corrected chi connectivity index (χ4v) is 2.11. The number of hydrogen-bond acceptors (Lipinski definition) is 0. The van der Waals surface area contributed by atoms with Crippen LogP contribution in [0.1, 0.15) is 42.9 Å². The van der Waals surface area contributed by atoms with Crippen molar-refractivity contribution in [1.29, 1.82) is 0 Å². The molecule has 0 aliphatic carbocycles. The maximum atomic E-state index is 3.68. The molecule has 1 rings (SSSR count). The monoisotopic (exact) mass is 268 g/mol. The van der Waals surface area contributed by atoms with Crippen molar-refractivity contribution in [2.75, 3.05) is 0 Å². The molecule has 0 aromatic heterocycles. The largest absolute Gasteiger partial charge is 0.0891 e. The molecule has 0 aliphatic rings. The lowest BCUT2D eigenvalue weighted by molar-refractivity contribution is 0.688. The van der Waals surface area contributed by atoms with E-state index in [4.69, 9.17) is 0 Å². The number of benzene rings is 1. The number of alkyl halides is 1. The van der Waals surface area contributed by atoms with Gasteiger partial charge in [-0.05, 0) is 50.7 Å². The third-order valence-electron chi connectivity index (χ3n) is 2.91. The molecule has 84 valence electrons. The van der Waals surface area contributed by atoms with Crippen LogP contribution < -0.4 is 0 Å². The molecule has 0 saturated carbocycles. The lowest BCUT2D eigenvalue weighted by Crippen LogP contribution is -1.97. The van der Waals surface area contributed by atoms with Gasteiger partial charge in [0.05, 0.1) is 0 Å². The Labute approximate surface area is 102 Å². The van der Waals surface area contributed by atoms with E-state index in [1.165, 1.54) is 42.4 Å². The first-order valence-corrected chi connectivity index (χ1v) is 6.75. The van der Waals surface area contributed by atoms with Crippen molar-refractivity contribution < 1.29 is 0 Å².